The Morgan fingerprint density at radius 1 is 1.03 bits per heavy atom. The van der Waals surface area contributed by atoms with Crippen LogP contribution in [0.25, 0.3) is 16.5 Å². The Kier molecular flexibility index (Phi) is 6.08. The molecule has 0 unspecified atom stereocenters. The highest BCUT2D eigenvalue weighted by molar-refractivity contribution is 6.02. The van der Waals surface area contributed by atoms with E-state index >= 15 is 0 Å². The van der Waals surface area contributed by atoms with E-state index in [0.29, 0.717) is 11.3 Å². The molecule has 0 saturated heterocycles. The summed E-state index contributed by atoms with van der Waals surface area (Å²) in [6.07, 6.45) is 2.70. The Balaban J connectivity index is 1.55. The van der Waals surface area contributed by atoms with Gasteiger partial charge in [0.25, 0.3) is 5.91 Å². The molecule has 0 atom stereocenters. The number of hydrogen-bond acceptors (Lipinski definition) is 3. The van der Waals surface area contributed by atoms with Crippen LogP contribution in [0.4, 0.5) is 0 Å². The Morgan fingerprint density at radius 2 is 1.72 bits per heavy atom. The predicted octanol–water partition coefficient (Wildman–Crippen LogP) is 5.58. The second-order valence-corrected chi connectivity index (χ2v) is 7.78. The quantitative estimate of drug-likeness (QED) is 0.324. The van der Waals surface area contributed by atoms with E-state index in [2.05, 4.69) is 66.2 Å². The van der Waals surface area contributed by atoms with Crippen molar-refractivity contribution in [3.63, 3.8) is 0 Å². The summed E-state index contributed by atoms with van der Waals surface area (Å²) in [4.78, 5) is 12.8. The normalized spacial score (nSPS) is 11.2. The minimum Gasteiger partial charge on any atom is -0.496 e. The van der Waals surface area contributed by atoms with Crippen LogP contribution >= 0.6 is 0 Å². The van der Waals surface area contributed by atoms with Gasteiger partial charge in [-0.25, -0.2) is 5.43 Å². The molecule has 0 fully saturated rings. The molecular formula is C27H27N3O2. The van der Waals surface area contributed by atoms with Gasteiger partial charge in [0.1, 0.15) is 5.75 Å². The van der Waals surface area contributed by atoms with Crippen molar-refractivity contribution in [2.45, 2.75) is 27.2 Å². The Morgan fingerprint density at radius 3 is 2.38 bits per heavy atom. The fraction of sp³-hybridized carbons (Fsp3) is 0.185. The number of nitrogens with one attached hydrogen (secondary N) is 1. The zero-order chi connectivity index (χ0) is 22.7. The first-order valence-corrected chi connectivity index (χ1v) is 10.7. The summed E-state index contributed by atoms with van der Waals surface area (Å²) in [5.41, 5.74) is 8.63. The summed E-state index contributed by atoms with van der Waals surface area (Å²) >= 11 is 0. The minimum atomic E-state index is -0.312. The summed E-state index contributed by atoms with van der Waals surface area (Å²) in [6.45, 7) is 6.27. The van der Waals surface area contributed by atoms with Crippen LogP contribution in [0.15, 0.2) is 71.8 Å². The van der Waals surface area contributed by atoms with Crippen molar-refractivity contribution in [2.75, 3.05) is 7.11 Å². The lowest BCUT2D eigenvalue weighted by molar-refractivity contribution is 0.0952. The molecule has 1 amide bonds. The van der Waals surface area contributed by atoms with Crippen LogP contribution in [0.5, 0.6) is 5.75 Å². The van der Waals surface area contributed by atoms with Crippen molar-refractivity contribution in [1.29, 1.82) is 0 Å². The molecule has 1 heterocycles. The monoisotopic (exact) mass is 425 g/mol. The van der Waals surface area contributed by atoms with Gasteiger partial charge in [0.15, 0.2) is 0 Å². The molecule has 3 aromatic carbocycles. The molecule has 1 N–H and O–H groups in total. The fourth-order valence-corrected chi connectivity index (χ4v) is 3.98. The topological polar surface area (TPSA) is 55.6 Å². The van der Waals surface area contributed by atoms with Crippen LogP contribution in [0.1, 0.15) is 39.8 Å². The average Bonchev–Trinajstić information content (AvgIpc) is 3.10. The van der Waals surface area contributed by atoms with Gasteiger partial charge in [0.05, 0.1) is 18.9 Å². The second kappa shape index (κ2) is 9.10. The van der Waals surface area contributed by atoms with Crippen molar-refractivity contribution < 1.29 is 9.53 Å². The first kappa shape index (κ1) is 21.4. The van der Waals surface area contributed by atoms with Gasteiger partial charge in [0.2, 0.25) is 0 Å². The molecule has 0 aliphatic rings. The molecule has 1 aromatic heterocycles. The largest absolute Gasteiger partial charge is 0.496 e. The maximum Gasteiger partial charge on any atom is 0.275 e. The lowest BCUT2D eigenvalue weighted by Crippen LogP contribution is -2.18. The van der Waals surface area contributed by atoms with Crippen LogP contribution in [0.2, 0.25) is 0 Å². The van der Waals surface area contributed by atoms with E-state index in [0.717, 1.165) is 39.8 Å². The number of aryl methyl sites for hydroxylation is 2. The fourth-order valence-electron chi connectivity index (χ4n) is 3.98. The molecule has 4 rings (SSSR count). The number of benzene rings is 3. The second-order valence-electron chi connectivity index (χ2n) is 7.78. The van der Waals surface area contributed by atoms with E-state index in [4.69, 9.17) is 4.74 Å². The zero-order valence-electron chi connectivity index (χ0n) is 18.8. The number of methoxy groups -OCH3 is 1. The van der Waals surface area contributed by atoms with Crippen molar-refractivity contribution in [1.82, 2.24) is 9.99 Å². The first-order valence-electron chi connectivity index (χ1n) is 10.7. The van der Waals surface area contributed by atoms with E-state index in [1.54, 1.807) is 13.3 Å². The molecule has 5 heteroatoms. The minimum absolute atomic E-state index is 0.312. The summed E-state index contributed by atoms with van der Waals surface area (Å²) in [5, 5.41) is 6.21. The summed E-state index contributed by atoms with van der Waals surface area (Å²) < 4.78 is 7.62. The summed E-state index contributed by atoms with van der Waals surface area (Å²) in [6, 6.07) is 22.2. The number of amides is 1. The van der Waals surface area contributed by atoms with E-state index in [-0.39, 0.29) is 5.91 Å². The number of fused-ring (bicyclic) bond motifs is 1. The first-order chi connectivity index (χ1) is 15.5. The number of carbonyl (C=O) groups is 1. The van der Waals surface area contributed by atoms with Crippen LogP contribution in [-0.2, 0) is 6.42 Å². The number of carbonyl (C=O) groups excluding carboxylic acids is 1. The molecule has 162 valence electrons. The van der Waals surface area contributed by atoms with Gasteiger partial charge in [-0.1, -0.05) is 43.3 Å². The molecule has 0 radical (unpaired) electrons. The van der Waals surface area contributed by atoms with Gasteiger partial charge in [0, 0.05) is 22.6 Å². The Labute approximate surface area is 188 Å². The third-order valence-corrected chi connectivity index (χ3v) is 5.76. The van der Waals surface area contributed by atoms with Crippen LogP contribution in [0, 0.1) is 13.8 Å². The summed E-state index contributed by atoms with van der Waals surface area (Å²) in [7, 11) is 1.56. The van der Waals surface area contributed by atoms with Crippen molar-refractivity contribution in [3.05, 3.63) is 94.8 Å². The number of hydrogen-bond donors (Lipinski definition) is 1. The highest BCUT2D eigenvalue weighted by Crippen LogP contribution is 2.26. The van der Waals surface area contributed by atoms with Crippen LogP contribution in [0.3, 0.4) is 0 Å². The maximum atomic E-state index is 12.8. The maximum absolute atomic E-state index is 12.8. The van der Waals surface area contributed by atoms with Gasteiger partial charge >= 0.3 is 0 Å². The molecule has 0 saturated carbocycles. The third kappa shape index (κ3) is 4.14. The SMILES string of the molecule is CCc1ccc(-n2c(C)cc(/C=N\NC(=O)c3cc4ccccc4cc3OC)c2C)cc1. The van der Waals surface area contributed by atoms with E-state index < -0.39 is 0 Å². The van der Waals surface area contributed by atoms with Gasteiger partial charge < -0.3 is 9.30 Å². The molecule has 5 nitrogen and oxygen atoms in total. The predicted molar refractivity (Wildman–Crippen MR) is 130 cm³/mol. The highest BCUT2D eigenvalue weighted by Gasteiger charge is 2.14. The molecule has 4 aromatic rings. The van der Waals surface area contributed by atoms with E-state index in [9.17, 15) is 4.79 Å². The third-order valence-electron chi connectivity index (χ3n) is 5.76. The molecule has 0 aliphatic heterocycles. The Hall–Kier alpha value is -3.86. The van der Waals surface area contributed by atoms with Crippen molar-refractivity contribution >= 4 is 22.9 Å². The Bertz CT molecular complexity index is 1300. The molecular weight excluding hydrogens is 398 g/mol. The zero-order valence-corrected chi connectivity index (χ0v) is 18.8. The number of rotatable bonds is 6. The number of hydrazone groups is 1. The molecule has 0 spiro atoms. The lowest BCUT2D eigenvalue weighted by atomic mass is 10.1. The van der Waals surface area contributed by atoms with Gasteiger partial charge in [-0.3, -0.25) is 4.79 Å². The van der Waals surface area contributed by atoms with Gasteiger partial charge in [-0.2, -0.15) is 5.10 Å². The highest BCUT2D eigenvalue weighted by atomic mass is 16.5. The number of nitrogens with zero attached hydrogens (tertiary/aromatic N) is 2. The molecule has 32 heavy (non-hydrogen) atoms. The lowest BCUT2D eigenvalue weighted by Gasteiger charge is -2.10. The van der Waals surface area contributed by atoms with Crippen LogP contribution in [-0.4, -0.2) is 23.8 Å². The van der Waals surface area contributed by atoms with Crippen molar-refractivity contribution in [2.24, 2.45) is 5.10 Å². The standard InChI is InChI=1S/C27H27N3O2/c1-5-20-10-12-24(13-11-20)30-18(2)14-23(19(30)3)17-28-29-27(31)25-15-21-8-6-7-9-22(21)16-26(25)32-4/h6-17H,5H2,1-4H3,(H,29,31)/b28-17-. The average molecular weight is 426 g/mol. The smallest absolute Gasteiger partial charge is 0.275 e. The molecule has 0 bridgehead atoms. The summed E-state index contributed by atoms with van der Waals surface area (Å²) in [5.74, 6) is 0.206. The molecule has 0 aliphatic carbocycles. The van der Waals surface area contributed by atoms with E-state index in [1.807, 2.05) is 36.4 Å². The van der Waals surface area contributed by atoms with Gasteiger partial charge in [-0.15, -0.1) is 0 Å². The number of ether oxygens (including phenoxy) is 1. The van der Waals surface area contributed by atoms with Crippen molar-refractivity contribution in [3.8, 4) is 11.4 Å². The van der Waals surface area contributed by atoms with E-state index in [1.165, 1.54) is 5.56 Å². The van der Waals surface area contributed by atoms with Gasteiger partial charge in [-0.05, 0) is 66.9 Å². The number of aromatic nitrogens is 1. The van der Waals surface area contributed by atoms with Crippen LogP contribution < -0.4 is 10.2 Å².